The Balaban J connectivity index is 4.08. The molecule has 4 nitrogen and oxygen atoms in total. The van der Waals surface area contributed by atoms with Gasteiger partial charge < -0.3 is 5.11 Å². The van der Waals surface area contributed by atoms with Crippen LogP contribution >= 0.6 is 0 Å². The highest BCUT2D eigenvalue weighted by Gasteiger charge is 2.22. The van der Waals surface area contributed by atoms with Crippen molar-refractivity contribution in [3.8, 4) is 0 Å². The predicted molar refractivity (Wildman–Crippen MR) is 66.8 cm³/mol. The van der Waals surface area contributed by atoms with Gasteiger partial charge in [-0.15, -0.1) is 0 Å². The SMILES string of the molecule is CCCC(C)(O)CNS(=O)(=O)CCC(C)C. The van der Waals surface area contributed by atoms with Crippen LogP contribution in [0.3, 0.4) is 0 Å². The third kappa shape index (κ3) is 8.07. The minimum Gasteiger partial charge on any atom is -0.389 e. The van der Waals surface area contributed by atoms with Crippen molar-refractivity contribution in [2.24, 2.45) is 5.92 Å². The normalized spacial score (nSPS) is 16.4. The topological polar surface area (TPSA) is 66.4 Å². The Morgan fingerprint density at radius 1 is 1.38 bits per heavy atom. The third-order valence-electron chi connectivity index (χ3n) is 2.43. The van der Waals surface area contributed by atoms with E-state index in [9.17, 15) is 13.5 Å². The van der Waals surface area contributed by atoms with Gasteiger partial charge in [0.2, 0.25) is 10.0 Å². The Kier molecular flexibility index (Phi) is 6.51. The zero-order chi connectivity index (χ0) is 12.8. The van der Waals surface area contributed by atoms with Crippen LogP contribution < -0.4 is 4.72 Å². The second-order valence-electron chi connectivity index (χ2n) is 5.07. The molecular weight excluding hydrogens is 226 g/mol. The molecule has 1 unspecified atom stereocenters. The molecule has 0 heterocycles. The Morgan fingerprint density at radius 3 is 2.38 bits per heavy atom. The fourth-order valence-corrected chi connectivity index (χ4v) is 2.81. The van der Waals surface area contributed by atoms with Crippen LogP contribution in [0.1, 0.15) is 47.0 Å². The molecule has 0 aliphatic carbocycles. The van der Waals surface area contributed by atoms with E-state index in [0.717, 1.165) is 6.42 Å². The van der Waals surface area contributed by atoms with Crippen molar-refractivity contribution in [2.75, 3.05) is 12.3 Å². The number of sulfonamides is 1. The lowest BCUT2D eigenvalue weighted by molar-refractivity contribution is 0.0554. The summed E-state index contributed by atoms with van der Waals surface area (Å²) < 4.78 is 25.6. The lowest BCUT2D eigenvalue weighted by atomic mass is 10.0. The Labute approximate surface area is 99.5 Å². The summed E-state index contributed by atoms with van der Waals surface area (Å²) in [5.41, 5.74) is -0.945. The standard InChI is InChI=1S/C11H25NO3S/c1-5-7-11(4,13)9-12-16(14,15)8-6-10(2)3/h10,12-13H,5-9H2,1-4H3. The molecule has 0 aliphatic rings. The first-order chi connectivity index (χ1) is 7.18. The van der Waals surface area contributed by atoms with Gasteiger partial charge in [0.05, 0.1) is 11.4 Å². The predicted octanol–water partition coefficient (Wildman–Crippen LogP) is 1.50. The summed E-state index contributed by atoms with van der Waals surface area (Å²) in [4.78, 5) is 0. The van der Waals surface area contributed by atoms with Crippen molar-refractivity contribution in [2.45, 2.75) is 52.6 Å². The first kappa shape index (κ1) is 15.9. The van der Waals surface area contributed by atoms with E-state index in [4.69, 9.17) is 0 Å². The first-order valence-electron chi connectivity index (χ1n) is 5.88. The quantitative estimate of drug-likeness (QED) is 0.687. The maximum Gasteiger partial charge on any atom is 0.211 e. The van der Waals surface area contributed by atoms with E-state index in [1.54, 1.807) is 6.92 Å². The Bertz CT molecular complexity index is 284. The summed E-state index contributed by atoms with van der Waals surface area (Å²) >= 11 is 0. The molecule has 0 spiro atoms. The summed E-state index contributed by atoms with van der Waals surface area (Å²) in [7, 11) is -3.24. The zero-order valence-corrected chi connectivity index (χ0v) is 11.6. The van der Waals surface area contributed by atoms with Crippen LogP contribution in [0.5, 0.6) is 0 Å². The van der Waals surface area contributed by atoms with Gasteiger partial charge in [-0.05, 0) is 25.7 Å². The lowest BCUT2D eigenvalue weighted by Gasteiger charge is -2.22. The van der Waals surface area contributed by atoms with E-state index in [-0.39, 0.29) is 12.3 Å². The smallest absolute Gasteiger partial charge is 0.211 e. The van der Waals surface area contributed by atoms with Crippen LogP contribution in [-0.4, -0.2) is 31.4 Å². The first-order valence-corrected chi connectivity index (χ1v) is 7.53. The zero-order valence-electron chi connectivity index (χ0n) is 10.8. The number of hydrogen-bond donors (Lipinski definition) is 2. The van der Waals surface area contributed by atoms with Gasteiger partial charge >= 0.3 is 0 Å². The minimum absolute atomic E-state index is 0.0985. The summed E-state index contributed by atoms with van der Waals surface area (Å²) in [5, 5.41) is 9.83. The van der Waals surface area contributed by atoms with Gasteiger partial charge in [-0.1, -0.05) is 27.2 Å². The molecular formula is C11H25NO3S. The summed E-state index contributed by atoms with van der Waals surface area (Å²) in [5.74, 6) is 0.500. The maximum atomic E-state index is 11.6. The highest BCUT2D eigenvalue weighted by molar-refractivity contribution is 7.89. The molecule has 0 radical (unpaired) electrons. The van der Waals surface area contributed by atoms with Gasteiger partial charge in [-0.3, -0.25) is 0 Å². The van der Waals surface area contributed by atoms with Crippen LogP contribution in [0.4, 0.5) is 0 Å². The molecule has 0 aromatic carbocycles. The third-order valence-corrected chi connectivity index (χ3v) is 3.78. The molecule has 0 aromatic rings. The molecule has 0 bridgehead atoms. The van der Waals surface area contributed by atoms with E-state index in [1.165, 1.54) is 0 Å². The van der Waals surface area contributed by atoms with E-state index in [2.05, 4.69) is 4.72 Å². The summed E-state index contributed by atoms with van der Waals surface area (Å²) in [6, 6.07) is 0. The molecule has 2 N–H and O–H groups in total. The average molecular weight is 251 g/mol. The van der Waals surface area contributed by atoms with Gasteiger partial charge in [0.1, 0.15) is 0 Å². The Morgan fingerprint density at radius 2 is 1.94 bits per heavy atom. The van der Waals surface area contributed by atoms with Crippen LogP contribution in [0.25, 0.3) is 0 Å². The van der Waals surface area contributed by atoms with E-state index < -0.39 is 15.6 Å². The number of nitrogens with one attached hydrogen (secondary N) is 1. The van der Waals surface area contributed by atoms with E-state index >= 15 is 0 Å². The molecule has 98 valence electrons. The number of hydrogen-bond acceptors (Lipinski definition) is 3. The highest BCUT2D eigenvalue weighted by Crippen LogP contribution is 2.11. The maximum absolute atomic E-state index is 11.6. The van der Waals surface area contributed by atoms with Crippen LogP contribution in [0.15, 0.2) is 0 Å². The molecule has 16 heavy (non-hydrogen) atoms. The Hall–Kier alpha value is -0.130. The fraction of sp³-hybridized carbons (Fsp3) is 1.00. The minimum atomic E-state index is -3.24. The molecule has 1 atom stereocenters. The van der Waals surface area contributed by atoms with Crippen LogP contribution in [0, 0.1) is 5.92 Å². The van der Waals surface area contributed by atoms with Crippen molar-refractivity contribution in [1.82, 2.24) is 4.72 Å². The number of rotatable bonds is 8. The van der Waals surface area contributed by atoms with Gasteiger partial charge in [0.15, 0.2) is 0 Å². The molecule has 0 aromatic heterocycles. The molecule has 0 saturated carbocycles. The molecule has 5 heteroatoms. The van der Waals surface area contributed by atoms with E-state index in [0.29, 0.717) is 18.8 Å². The van der Waals surface area contributed by atoms with Crippen molar-refractivity contribution < 1.29 is 13.5 Å². The lowest BCUT2D eigenvalue weighted by Crippen LogP contribution is -2.41. The monoisotopic (exact) mass is 251 g/mol. The van der Waals surface area contributed by atoms with Crippen molar-refractivity contribution in [3.05, 3.63) is 0 Å². The largest absolute Gasteiger partial charge is 0.389 e. The van der Waals surface area contributed by atoms with E-state index in [1.807, 2.05) is 20.8 Å². The molecule has 0 aliphatic heterocycles. The molecule has 0 amide bonds. The van der Waals surface area contributed by atoms with Crippen molar-refractivity contribution >= 4 is 10.0 Å². The molecule has 0 saturated heterocycles. The van der Waals surface area contributed by atoms with Crippen LogP contribution in [0.2, 0.25) is 0 Å². The van der Waals surface area contributed by atoms with Gasteiger partial charge in [0, 0.05) is 6.54 Å². The molecule has 0 fully saturated rings. The second-order valence-corrected chi connectivity index (χ2v) is 7.00. The summed E-state index contributed by atoms with van der Waals surface area (Å²) in [6.45, 7) is 7.69. The van der Waals surface area contributed by atoms with Gasteiger partial charge in [-0.2, -0.15) is 0 Å². The van der Waals surface area contributed by atoms with Crippen molar-refractivity contribution in [1.29, 1.82) is 0 Å². The fourth-order valence-electron chi connectivity index (χ4n) is 1.36. The highest BCUT2D eigenvalue weighted by atomic mass is 32.2. The second kappa shape index (κ2) is 6.57. The van der Waals surface area contributed by atoms with Gasteiger partial charge in [-0.25, -0.2) is 13.1 Å². The van der Waals surface area contributed by atoms with Crippen molar-refractivity contribution in [3.63, 3.8) is 0 Å². The molecule has 0 rings (SSSR count). The number of aliphatic hydroxyl groups is 1. The average Bonchev–Trinajstić information content (AvgIpc) is 2.13. The van der Waals surface area contributed by atoms with Crippen LogP contribution in [-0.2, 0) is 10.0 Å². The summed E-state index contributed by atoms with van der Waals surface area (Å²) in [6.07, 6.45) is 2.08. The van der Waals surface area contributed by atoms with Gasteiger partial charge in [0.25, 0.3) is 0 Å².